The molecule has 0 unspecified atom stereocenters. The van der Waals surface area contributed by atoms with Gasteiger partial charge in [0.25, 0.3) is 15.9 Å². The number of carbonyl (C=O) groups excluding carboxylic acids is 1. The van der Waals surface area contributed by atoms with Gasteiger partial charge in [-0.25, -0.2) is 13.4 Å². The summed E-state index contributed by atoms with van der Waals surface area (Å²) in [4.78, 5) is 15.6. The Morgan fingerprint density at radius 2 is 1.83 bits per heavy atom. The van der Waals surface area contributed by atoms with Gasteiger partial charge in [0.2, 0.25) is 0 Å². The van der Waals surface area contributed by atoms with Gasteiger partial charge in [-0.15, -0.1) is 0 Å². The monoisotopic (exact) mass is 340 g/mol. The topological polar surface area (TPSA) is 75.6 Å². The molecular weight excluding hydrogens is 324 g/mol. The number of rotatable bonds is 3. The highest BCUT2D eigenvalue weighted by molar-refractivity contribution is 7.92. The number of allylic oxidation sites excluding steroid dienone is 1. The minimum atomic E-state index is -3.77. The first-order valence-corrected chi connectivity index (χ1v) is 8.79. The van der Waals surface area contributed by atoms with Crippen molar-refractivity contribution in [3.05, 3.63) is 64.2 Å². The average Bonchev–Trinajstić information content (AvgIpc) is 2.50. The van der Waals surface area contributed by atoms with Gasteiger partial charge in [-0.05, 0) is 48.4 Å². The molecule has 0 aliphatic carbocycles. The number of carbonyl (C=O) groups is 1. The van der Waals surface area contributed by atoms with Gasteiger partial charge >= 0.3 is 0 Å². The van der Waals surface area contributed by atoms with Crippen molar-refractivity contribution in [3.8, 4) is 0 Å². The number of aryl methyl sites for hydroxylation is 1. The normalized spacial score (nSPS) is 13.8. The third-order valence-corrected chi connectivity index (χ3v) is 5.19. The van der Waals surface area contributed by atoms with Crippen LogP contribution in [0.15, 0.2) is 52.4 Å². The maximum absolute atomic E-state index is 12.7. The zero-order valence-electron chi connectivity index (χ0n) is 13.3. The quantitative estimate of drug-likeness (QED) is 0.925. The van der Waals surface area contributed by atoms with Crippen LogP contribution in [0.25, 0.3) is 12.2 Å². The number of amides is 1. The van der Waals surface area contributed by atoms with Gasteiger partial charge in [-0.3, -0.25) is 9.52 Å². The van der Waals surface area contributed by atoms with E-state index >= 15 is 0 Å². The lowest BCUT2D eigenvalue weighted by atomic mass is 10.0. The molecule has 6 heteroatoms. The van der Waals surface area contributed by atoms with E-state index in [1.807, 2.05) is 19.1 Å². The van der Waals surface area contributed by atoms with Crippen molar-refractivity contribution >= 4 is 33.8 Å². The van der Waals surface area contributed by atoms with Crippen LogP contribution in [0.2, 0.25) is 0 Å². The SMILES string of the molecule is C=c1cc(S(=O)(=O)Nc2ccccc2C)cc2c1=NC(=O)C=C2C. The zero-order chi connectivity index (χ0) is 17.5. The number of nitrogens with zero attached hydrogens (tertiary/aromatic N) is 1. The van der Waals surface area contributed by atoms with Crippen molar-refractivity contribution < 1.29 is 13.2 Å². The van der Waals surface area contributed by atoms with E-state index in [0.717, 1.165) is 5.56 Å². The smallest absolute Gasteiger partial charge is 0.270 e. The molecule has 0 radical (unpaired) electrons. The number of hydrogen-bond acceptors (Lipinski definition) is 3. The number of hydrogen-bond donors (Lipinski definition) is 1. The summed E-state index contributed by atoms with van der Waals surface area (Å²) < 4.78 is 28.0. The average molecular weight is 340 g/mol. The number of nitrogens with one attached hydrogen (secondary N) is 1. The van der Waals surface area contributed by atoms with Crippen LogP contribution in [-0.2, 0) is 14.8 Å². The molecule has 1 heterocycles. The van der Waals surface area contributed by atoms with Crippen molar-refractivity contribution in [1.29, 1.82) is 0 Å². The second-order valence-electron chi connectivity index (χ2n) is 5.68. The second kappa shape index (κ2) is 5.72. The van der Waals surface area contributed by atoms with E-state index in [2.05, 4.69) is 16.3 Å². The first-order valence-electron chi connectivity index (χ1n) is 7.31. The molecule has 0 bridgehead atoms. The van der Waals surface area contributed by atoms with Gasteiger partial charge in [0.05, 0.1) is 15.9 Å². The summed E-state index contributed by atoms with van der Waals surface area (Å²) in [5.74, 6) is -0.362. The number of fused-ring (bicyclic) bond motifs is 1. The molecular formula is C18H16N2O3S. The Morgan fingerprint density at radius 3 is 2.54 bits per heavy atom. The van der Waals surface area contributed by atoms with Crippen molar-refractivity contribution in [2.45, 2.75) is 18.7 Å². The highest BCUT2D eigenvalue weighted by Gasteiger charge is 2.19. The summed E-state index contributed by atoms with van der Waals surface area (Å²) in [5, 5.41) is 0.827. The molecule has 1 aliphatic heterocycles. The van der Waals surface area contributed by atoms with Crippen LogP contribution >= 0.6 is 0 Å². The molecule has 0 saturated carbocycles. The van der Waals surface area contributed by atoms with E-state index < -0.39 is 10.0 Å². The summed E-state index contributed by atoms with van der Waals surface area (Å²) in [6, 6.07) is 10.1. The van der Waals surface area contributed by atoms with Crippen molar-refractivity contribution in [1.82, 2.24) is 0 Å². The number of sulfonamides is 1. The van der Waals surface area contributed by atoms with Crippen LogP contribution in [0.5, 0.6) is 0 Å². The van der Waals surface area contributed by atoms with Crippen LogP contribution in [0, 0.1) is 6.92 Å². The standard InChI is InChI=1S/C18H16N2O3S/c1-11-6-4-5-7-16(11)20-24(22,23)14-8-13(3)18-15(10-14)12(2)9-17(21)19-18/h4-10,20H,3H2,1-2H3. The fourth-order valence-electron chi connectivity index (χ4n) is 2.55. The molecule has 0 spiro atoms. The molecule has 0 atom stereocenters. The Labute approximate surface area is 140 Å². The summed E-state index contributed by atoms with van der Waals surface area (Å²) in [6.07, 6.45) is 1.38. The zero-order valence-corrected chi connectivity index (χ0v) is 14.1. The lowest BCUT2D eigenvalue weighted by molar-refractivity contribution is -0.113. The predicted molar refractivity (Wildman–Crippen MR) is 93.4 cm³/mol. The van der Waals surface area contributed by atoms with E-state index in [1.54, 1.807) is 19.1 Å². The maximum Gasteiger partial charge on any atom is 0.270 e. The molecule has 0 saturated heterocycles. The van der Waals surface area contributed by atoms with Gasteiger partial charge in [-0.2, -0.15) is 0 Å². The van der Waals surface area contributed by atoms with E-state index in [-0.39, 0.29) is 10.8 Å². The van der Waals surface area contributed by atoms with Crippen LogP contribution in [0.1, 0.15) is 18.1 Å². The van der Waals surface area contributed by atoms with E-state index in [0.29, 0.717) is 27.4 Å². The molecule has 0 aromatic heterocycles. The molecule has 1 aliphatic rings. The molecule has 2 aromatic carbocycles. The first-order chi connectivity index (χ1) is 11.3. The lowest BCUT2D eigenvalue weighted by Gasteiger charge is -2.13. The summed E-state index contributed by atoms with van der Waals surface area (Å²) >= 11 is 0. The van der Waals surface area contributed by atoms with Crippen molar-refractivity contribution in [2.75, 3.05) is 4.72 Å². The van der Waals surface area contributed by atoms with E-state index in [4.69, 9.17) is 0 Å². The number of para-hydroxylation sites is 1. The van der Waals surface area contributed by atoms with Crippen LogP contribution in [0.4, 0.5) is 5.69 Å². The molecule has 1 N–H and O–H groups in total. The predicted octanol–water partition coefficient (Wildman–Crippen LogP) is 1.77. The van der Waals surface area contributed by atoms with Crippen LogP contribution in [0.3, 0.4) is 0 Å². The molecule has 5 nitrogen and oxygen atoms in total. The van der Waals surface area contributed by atoms with Gasteiger partial charge in [0.15, 0.2) is 0 Å². The van der Waals surface area contributed by atoms with Gasteiger partial charge in [0, 0.05) is 11.6 Å². The van der Waals surface area contributed by atoms with Crippen LogP contribution in [-0.4, -0.2) is 14.3 Å². The Bertz CT molecular complexity index is 1100. The third kappa shape index (κ3) is 2.88. The maximum atomic E-state index is 12.7. The third-order valence-electron chi connectivity index (χ3n) is 3.85. The largest absolute Gasteiger partial charge is 0.279 e. The fraction of sp³-hybridized carbons (Fsp3) is 0.111. The number of anilines is 1. The molecule has 1 amide bonds. The van der Waals surface area contributed by atoms with Crippen molar-refractivity contribution in [3.63, 3.8) is 0 Å². The molecule has 3 rings (SSSR count). The molecule has 24 heavy (non-hydrogen) atoms. The van der Waals surface area contributed by atoms with Gasteiger partial charge < -0.3 is 0 Å². The second-order valence-corrected chi connectivity index (χ2v) is 7.36. The Hall–Kier alpha value is -2.73. The summed E-state index contributed by atoms with van der Waals surface area (Å²) in [5.41, 5.74) is 2.62. The number of benzene rings is 2. The Morgan fingerprint density at radius 1 is 1.12 bits per heavy atom. The van der Waals surface area contributed by atoms with Crippen molar-refractivity contribution in [2.24, 2.45) is 4.99 Å². The summed E-state index contributed by atoms with van der Waals surface area (Å²) in [6.45, 7) is 7.41. The van der Waals surface area contributed by atoms with Gasteiger partial charge in [0.1, 0.15) is 0 Å². The Kier molecular flexibility index (Phi) is 3.85. The lowest BCUT2D eigenvalue weighted by Crippen LogP contribution is -2.32. The van der Waals surface area contributed by atoms with E-state index in [1.165, 1.54) is 18.2 Å². The highest BCUT2D eigenvalue weighted by atomic mass is 32.2. The van der Waals surface area contributed by atoms with Gasteiger partial charge in [-0.1, -0.05) is 24.8 Å². The Balaban J connectivity index is 2.13. The fourth-order valence-corrected chi connectivity index (χ4v) is 3.76. The minimum Gasteiger partial charge on any atom is -0.279 e. The molecule has 2 aromatic rings. The first kappa shape index (κ1) is 16.1. The highest BCUT2D eigenvalue weighted by Crippen LogP contribution is 2.20. The summed E-state index contributed by atoms with van der Waals surface area (Å²) in [7, 11) is -3.77. The molecule has 122 valence electrons. The van der Waals surface area contributed by atoms with Crippen LogP contribution < -0.4 is 15.3 Å². The van der Waals surface area contributed by atoms with E-state index in [9.17, 15) is 13.2 Å². The minimum absolute atomic E-state index is 0.0896. The molecule has 0 fully saturated rings.